The molecule has 100 valence electrons. The maximum Gasteiger partial charge on any atom is 0.219 e. The standard InChI is InChI=1S/C15H24N2O/c1-12(2)14-8-6-13(7-9-14)11-17-10-4-5-15(18)16-3/h6-9,12,17H,4-5,10-11H2,1-3H3,(H,16,18). The molecule has 2 N–H and O–H groups in total. The number of rotatable bonds is 7. The van der Waals surface area contributed by atoms with E-state index in [4.69, 9.17) is 0 Å². The molecule has 1 aromatic rings. The zero-order chi connectivity index (χ0) is 13.4. The molecule has 1 amide bonds. The van der Waals surface area contributed by atoms with Crippen LogP contribution in [0.2, 0.25) is 0 Å². The predicted octanol–water partition coefficient (Wildman–Crippen LogP) is 2.43. The fraction of sp³-hybridized carbons (Fsp3) is 0.533. The van der Waals surface area contributed by atoms with Gasteiger partial charge in [0.05, 0.1) is 0 Å². The van der Waals surface area contributed by atoms with Gasteiger partial charge in [0.15, 0.2) is 0 Å². The van der Waals surface area contributed by atoms with Crippen LogP contribution in [0.5, 0.6) is 0 Å². The van der Waals surface area contributed by atoms with E-state index in [2.05, 4.69) is 48.7 Å². The summed E-state index contributed by atoms with van der Waals surface area (Å²) in [6.45, 7) is 6.14. The molecule has 0 radical (unpaired) electrons. The zero-order valence-electron chi connectivity index (χ0n) is 11.6. The second kappa shape index (κ2) is 7.88. The summed E-state index contributed by atoms with van der Waals surface area (Å²) in [6, 6.07) is 8.71. The predicted molar refractivity (Wildman–Crippen MR) is 75.5 cm³/mol. The SMILES string of the molecule is CNC(=O)CCCNCc1ccc(C(C)C)cc1. The van der Waals surface area contributed by atoms with Gasteiger partial charge in [0, 0.05) is 20.0 Å². The van der Waals surface area contributed by atoms with Gasteiger partial charge >= 0.3 is 0 Å². The average molecular weight is 248 g/mol. The largest absolute Gasteiger partial charge is 0.359 e. The molecule has 0 fully saturated rings. The third-order valence-electron chi connectivity index (χ3n) is 3.01. The van der Waals surface area contributed by atoms with Gasteiger partial charge in [-0.1, -0.05) is 38.1 Å². The second-order valence-corrected chi connectivity index (χ2v) is 4.85. The summed E-state index contributed by atoms with van der Waals surface area (Å²) in [5.74, 6) is 0.692. The van der Waals surface area contributed by atoms with E-state index in [-0.39, 0.29) is 5.91 Å². The minimum Gasteiger partial charge on any atom is -0.359 e. The number of carbonyl (C=O) groups excluding carboxylic acids is 1. The molecule has 3 nitrogen and oxygen atoms in total. The van der Waals surface area contributed by atoms with Crippen molar-refractivity contribution in [3.05, 3.63) is 35.4 Å². The second-order valence-electron chi connectivity index (χ2n) is 4.85. The number of amides is 1. The summed E-state index contributed by atoms with van der Waals surface area (Å²) in [7, 11) is 1.67. The fourth-order valence-corrected chi connectivity index (χ4v) is 1.75. The third kappa shape index (κ3) is 5.32. The van der Waals surface area contributed by atoms with Crippen LogP contribution in [0.1, 0.15) is 43.7 Å². The highest BCUT2D eigenvalue weighted by Crippen LogP contribution is 2.14. The van der Waals surface area contributed by atoms with E-state index in [1.165, 1.54) is 11.1 Å². The van der Waals surface area contributed by atoms with Crippen molar-refractivity contribution < 1.29 is 4.79 Å². The minimum atomic E-state index is 0.109. The molecule has 0 heterocycles. The Morgan fingerprint density at radius 1 is 1.22 bits per heavy atom. The lowest BCUT2D eigenvalue weighted by Gasteiger charge is -2.08. The van der Waals surface area contributed by atoms with E-state index >= 15 is 0 Å². The lowest BCUT2D eigenvalue weighted by molar-refractivity contribution is -0.120. The molecule has 0 aliphatic heterocycles. The van der Waals surface area contributed by atoms with Crippen molar-refractivity contribution in [2.24, 2.45) is 0 Å². The highest BCUT2D eigenvalue weighted by molar-refractivity contribution is 5.75. The van der Waals surface area contributed by atoms with Crippen molar-refractivity contribution in [2.45, 2.75) is 39.2 Å². The van der Waals surface area contributed by atoms with Gasteiger partial charge in [0.1, 0.15) is 0 Å². The maximum absolute atomic E-state index is 11.0. The van der Waals surface area contributed by atoms with Gasteiger partial charge in [-0.3, -0.25) is 4.79 Å². The van der Waals surface area contributed by atoms with E-state index in [0.29, 0.717) is 12.3 Å². The number of nitrogens with one attached hydrogen (secondary N) is 2. The van der Waals surface area contributed by atoms with E-state index in [0.717, 1.165) is 19.5 Å². The van der Waals surface area contributed by atoms with Crippen LogP contribution >= 0.6 is 0 Å². The fourth-order valence-electron chi connectivity index (χ4n) is 1.75. The van der Waals surface area contributed by atoms with E-state index in [1.54, 1.807) is 7.05 Å². The molecular formula is C15H24N2O. The summed E-state index contributed by atoms with van der Waals surface area (Å²) in [6.07, 6.45) is 1.47. The van der Waals surface area contributed by atoms with E-state index in [1.807, 2.05) is 0 Å². The monoisotopic (exact) mass is 248 g/mol. The van der Waals surface area contributed by atoms with Crippen LogP contribution < -0.4 is 10.6 Å². The normalized spacial score (nSPS) is 10.7. The van der Waals surface area contributed by atoms with Gasteiger partial charge < -0.3 is 10.6 Å². The Labute approximate surface area is 110 Å². The first-order chi connectivity index (χ1) is 8.63. The number of hydrogen-bond donors (Lipinski definition) is 2. The van der Waals surface area contributed by atoms with E-state index < -0.39 is 0 Å². The molecule has 0 saturated carbocycles. The van der Waals surface area contributed by atoms with Crippen molar-refractivity contribution in [3.8, 4) is 0 Å². The van der Waals surface area contributed by atoms with Gasteiger partial charge in [-0.25, -0.2) is 0 Å². The molecule has 0 bridgehead atoms. The highest BCUT2D eigenvalue weighted by Gasteiger charge is 1.99. The Morgan fingerprint density at radius 2 is 1.89 bits per heavy atom. The summed E-state index contributed by atoms with van der Waals surface area (Å²) >= 11 is 0. The molecule has 1 aromatic carbocycles. The van der Waals surface area contributed by atoms with Crippen molar-refractivity contribution in [1.29, 1.82) is 0 Å². The van der Waals surface area contributed by atoms with Gasteiger partial charge in [-0.2, -0.15) is 0 Å². The molecule has 0 aliphatic carbocycles. The molecule has 0 aliphatic rings. The van der Waals surface area contributed by atoms with E-state index in [9.17, 15) is 4.79 Å². The first-order valence-electron chi connectivity index (χ1n) is 6.63. The highest BCUT2D eigenvalue weighted by atomic mass is 16.1. The molecule has 1 rings (SSSR count). The smallest absolute Gasteiger partial charge is 0.219 e. The average Bonchev–Trinajstić information content (AvgIpc) is 2.38. The Bertz CT molecular complexity index is 357. The molecule has 18 heavy (non-hydrogen) atoms. The van der Waals surface area contributed by atoms with Crippen LogP contribution in [0.25, 0.3) is 0 Å². The first kappa shape index (κ1) is 14.7. The zero-order valence-corrected chi connectivity index (χ0v) is 11.6. The van der Waals surface area contributed by atoms with Gasteiger partial charge in [0.25, 0.3) is 0 Å². The molecule has 0 spiro atoms. The van der Waals surface area contributed by atoms with Crippen LogP contribution in [-0.4, -0.2) is 19.5 Å². The third-order valence-corrected chi connectivity index (χ3v) is 3.01. The van der Waals surface area contributed by atoms with Gasteiger partial charge in [-0.15, -0.1) is 0 Å². The summed E-state index contributed by atoms with van der Waals surface area (Å²) in [4.78, 5) is 11.0. The molecule has 3 heteroatoms. The van der Waals surface area contributed by atoms with Crippen LogP contribution in [0, 0.1) is 0 Å². The molecule has 0 atom stereocenters. The maximum atomic E-state index is 11.0. The Balaban J connectivity index is 2.21. The Hall–Kier alpha value is -1.35. The number of benzene rings is 1. The van der Waals surface area contributed by atoms with Crippen molar-refractivity contribution in [1.82, 2.24) is 10.6 Å². The molecule has 0 saturated heterocycles. The van der Waals surface area contributed by atoms with Gasteiger partial charge in [-0.05, 0) is 30.0 Å². The van der Waals surface area contributed by atoms with Crippen LogP contribution in [-0.2, 0) is 11.3 Å². The van der Waals surface area contributed by atoms with Crippen LogP contribution in [0.4, 0.5) is 0 Å². The Kier molecular flexibility index (Phi) is 6.44. The summed E-state index contributed by atoms with van der Waals surface area (Å²) < 4.78 is 0. The van der Waals surface area contributed by atoms with Crippen LogP contribution in [0.3, 0.4) is 0 Å². The van der Waals surface area contributed by atoms with Gasteiger partial charge in [0.2, 0.25) is 5.91 Å². The lowest BCUT2D eigenvalue weighted by Crippen LogP contribution is -2.20. The minimum absolute atomic E-state index is 0.109. The van der Waals surface area contributed by atoms with Crippen LogP contribution in [0.15, 0.2) is 24.3 Å². The first-order valence-corrected chi connectivity index (χ1v) is 6.63. The van der Waals surface area contributed by atoms with Crippen molar-refractivity contribution in [3.63, 3.8) is 0 Å². The van der Waals surface area contributed by atoms with Crippen molar-refractivity contribution >= 4 is 5.91 Å². The summed E-state index contributed by atoms with van der Waals surface area (Å²) in [5, 5.41) is 5.97. The van der Waals surface area contributed by atoms with Crippen molar-refractivity contribution in [2.75, 3.05) is 13.6 Å². The number of hydrogen-bond acceptors (Lipinski definition) is 2. The Morgan fingerprint density at radius 3 is 2.44 bits per heavy atom. The lowest BCUT2D eigenvalue weighted by atomic mass is 10.0. The topological polar surface area (TPSA) is 41.1 Å². The molecule has 0 aromatic heterocycles. The molecule has 0 unspecified atom stereocenters. The number of carbonyl (C=O) groups is 1. The summed E-state index contributed by atoms with van der Waals surface area (Å²) in [5.41, 5.74) is 2.66. The molecular weight excluding hydrogens is 224 g/mol. The quantitative estimate of drug-likeness (QED) is 0.728.